The minimum atomic E-state index is 0.816. The van der Waals surface area contributed by atoms with Gasteiger partial charge in [-0.3, -0.25) is 4.90 Å². The molecule has 0 radical (unpaired) electrons. The van der Waals surface area contributed by atoms with Crippen LogP contribution in [-0.4, -0.2) is 48.1 Å². The maximum Gasteiger partial charge on any atom is 0.159 e. The first-order chi connectivity index (χ1) is 13.8. The van der Waals surface area contributed by atoms with E-state index in [9.17, 15) is 0 Å². The quantitative estimate of drug-likeness (QED) is 0.541. The Balaban J connectivity index is 1.35. The molecule has 1 aromatic carbocycles. The number of benzene rings is 1. The number of aryl methyl sites for hydroxylation is 1. The van der Waals surface area contributed by atoms with Crippen molar-refractivity contribution in [2.24, 2.45) is 7.05 Å². The van der Waals surface area contributed by atoms with Crippen molar-refractivity contribution in [2.75, 3.05) is 13.1 Å². The molecule has 28 heavy (non-hydrogen) atoms. The van der Waals surface area contributed by atoms with Gasteiger partial charge in [0.1, 0.15) is 11.3 Å². The number of nitrogens with zero attached hydrogens (tertiary/aromatic N) is 6. The molecule has 0 unspecified atom stereocenters. The minimum Gasteiger partial charge on any atom is -0.327 e. The zero-order valence-corrected chi connectivity index (χ0v) is 16.2. The molecule has 4 heterocycles. The van der Waals surface area contributed by atoms with Crippen molar-refractivity contribution in [1.82, 2.24) is 29.0 Å². The summed E-state index contributed by atoms with van der Waals surface area (Å²) < 4.78 is 4.37. The molecule has 4 aromatic rings. The highest BCUT2D eigenvalue weighted by molar-refractivity contribution is 5.85. The molecule has 142 valence electrons. The van der Waals surface area contributed by atoms with Crippen molar-refractivity contribution >= 4 is 22.2 Å². The van der Waals surface area contributed by atoms with Crippen LogP contribution in [0.3, 0.4) is 0 Å². The van der Waals surface area contributed by atoms with Crippen LogP contribution in [0.1, 0.15) is 25.1 Å². The van der Waals surface area contributed by atoms with E-state index in [2.05, 4.69) is 43.7 Å². The zero-order chi connectivity index (χ0) is 18.7. The molecule has 0 atom stereocenters. The van der Waals surface area contributed by atoms with Crippen molar-refractivity contribution in [3.05, 3.63) is 42.6 Å². The van der Waals surface area contributed by atoms with Gasteiger partial charge in [-0.25, -0.2) is 15.0 Å². The summed E-state index contributed by atoms with van der Waals surface area (Å²) >= 11 is 0. The first-order valence-corrected chi connectivity index (χ1v) is 10.3. The highest BCUT2D eigenvalue weighted by Crippen LogP contribution is 2.29. The van der Waals surface area contributed by atoms with Gasteiger partial charge < -0.3 is 9.13 Å². The second-order valence-corrected chi connectivity index (χ2v) is 8.18. The average Bonchev–Trinajstić information content (AvgIpc) is 3.15. The Hall–Kier alpha value is -2.73. The van der Waals surface area contributed by atoms with Gasteiger partial charge in [-0.1, -0.05) is 12.5 Å². The predicted molar refractivity (Wildman–Crippen MR) is 110 cm³/mol. The third kappa shape index (κ3) is 2.48. The molecule has 2 aliphatic rings. The summed E-state index contributed by atoms with van der Waals surface area (Å²) in [6.45, 7) is 3.33. The Labute approximate surface area is 163 Å². The monoisotopic (exact) mass is 372 g/mol. The smallest absolute Gasteiger partial charge is 0.159 e. The summed E-state index contributed by atoms with van der Waals surface area (Å²) in [6, 6.07) is 9.55. The van der Waals surface area contributed by atoms with Crippen LogP contribution in [0.15, 0.2) is 36.8 Å². The van der Waals surface area contributed by atoms with Crippen LogP contribution in [0.4, 0.5) is 0 Å². The average molecular weight is 372 g/mol. The lowest BCUT2D eigenvalue weighted by Gasteiger charge is -2.36. The van der Waals surface area contributed by atoms with Crippen LogP contribution in [0, 0.1) is 0 Å². The van der Waals surface area contributed by atoms with Crippen LogP contribution < -0.4 is 0 Å². The van der Waals surface area contributed by atoms with Gasteiger partial charge in [-0.15, -0.1) is 0 Å². The molecule has 1 aliphatic carbocycles. The van der Waals surface area contributed by atoms with E-state index < -0.39 is 0 Å². The minimum absolute atomic E-state index is 0.816. The van der Waals surface area contributed by atoms with Crippen molar-refractivity contribution in [2.45, 2.75) is 38.3 Å². The van der Waals surface area contributed by atoms with Gasteiger partial charge in [-0.2, -0.15) is 0 Å². The van der Waals surface area contributed by atoms with E-state index in [0.717, 1.165) is 59.9 Å². The number of hydrogen-bond donors (Lipinski definition) is 0. The second-order valence-electron chi connectivity index (χ2n) is 8.18. The molecule has 0 amide bonds. The normalized spacial score (nSPS) is 18.3. The number of pyridine rings is 1. The first-order valence-electron chi connectivity index (χ1n) is 10.3. The van der Waals surface area contributed by atoms with Crippen molar-refractivity contribution in [1.29, 1.82) is 0 Å². The molecule has 0 N–H and O–H groups in total. The van der Waals surface area contributed by atoms with Gasteiger partial charge in [-0.05, 0) is 36.6 Å². The van der Waals surface area contributed by atoms with Crippen LogP contribution in [0.2, 0.25) is 0 Å². The highest BCUT2D eigenvalue weighted by Gasteiger charge is 2.27. The Morgan fingerprint density at radius 1 is 0.964 bits per heavy atom. The summed E-state index contributed by atoms with van der Waals surface area (Å²) in [5, 5.41) is 0. The molecule has 6 nitrogen and oxygen atoms in total. The SMILES string of the molecule is Cn1cnc2cc(-c3ccc4c(c3)nc3n4CCN(C4CCC4)CC3)cnc21. The Morgan fingerprint density at radius 2 is 1.86 bits per heavy atom. The van der Waals surface area contributed by atoms with Crippen molar-refractivity contribution in [3.8, 4) is 11.1 Å². The molecule has 6 rings (SSSR count). The second kappa shape index (κ2) is 6.14. The topological polar surface area (TPSA) is 51.8 Å². The molecular formula is C22H24N6. The molecule has 1 saturated carbocycles. The van der Waals surface area contributed by atoms with Gasteiger partial charge >= 0.3 is 0 Å². The summed E-state index contributed by atoms with van der Waals surface area (Å²) in [4.78, 5) is 16.7. The van der Waals surface area contributed by atoms with E-state index in [4.69, 9.17) is 4.98 Å². The summed E-state index contributed by atoms with van der Waals surface area (Å²) in [7, 11) is 1.97. The summed E-state index contributed by atoms with van der Waals surface area (Å²) in [5.41, 5.74) is 6.42. The van der Waals surface area contributed by atoms with E-state index in [-0.39, 0.29) is 0 Å². The number of rotatable bonds is 2. The van der Waals surface area contributed by atoms with Gasteiger partial charge in [0.15, 0.2) is 5.65 Å². The molecule has 1 aliphatic heterocycles. The van der Waals surface area contributed by atoms with Crippen molar-refractivity contribution < 1.29 is 0 Å². The lowest BCUT2D eigenvalue weighted by Crippen LogP contribution is -2.41. The largest absolute Gasteiger partial charge is 0.327 e. The van der Waals surface area contributed by atoms with Gasteiger partial charge in [0.05, 0.1) is 17.4 Å². The van der Waals surface area contributed by atoms with Gasteiger partial charge in [0.25, 0.3) is 0 Å². The highest BCUT2D eigenvalue weighted by atomic mass is 15.2. The Kier molecular flexibility index (Phi) is 3.56. The van der Waals surface area contributed by atoms with Crippen LogP contribution in [0.25, 0.3) is 33.3 Å². The Morgan fingerprint density at radius 3 is 2.71 bits per heavy atom. The van der Waals surface area contributed by atoms with Crippen molar-refractivity contribution in [3.63, 3.8) is 0 Å². The number of hydrogen-bond acceptors (Lipinski definition) is 4. The lowest BCUT2D eigenvalue weighted by atomic mass is 9.91. The summed E-state index contributed by atoms with van der Waals surface area (Å²) in [6.07, 6.45) is 8.94. The maximum atomic E-state index is 5.00. The van der Waals surface area contributed by atoms with E-state index in [1.807, 2.05) is 24.1 Å². The predicted octanol–water partition coefficient (Wildman–Crippen LogP) is 3.40. The lowest BCUT2D eigenvalue weighted by molar-refractivity contribution is 0.130. The molecule has 0 bridgehead atoms. The third-order valence-electron chi connectivity index (χ3n) is 6.54. The van der Waals surface area contributed by atoms with Crippen LogP contribution in [0.5, 0.6) is 0 Å². The number of imidazole rings is 2. The molecule has 3 aromatic heterocycles. The fraction of sp³-hybridized carbons (Fsp3) is 0.409. The fourth-order valence-electron chi connectivity index (χ4n) is 4.67. The van der Waals surface area contributed by atoms with E-state index >= 15 is 0 Å². The third-order valence-corrected chi connectivity index (χ3v) is 6.54. The maximum absolute atomic E-state index is 5.00. The first kappa shape index (κ1) is 16.2. The molecule has 1 fully saturated rings. The van der Waals surface area contributed by atoms with E-state index in [0.29, 0.717) is 0 Å². The van der Waals surface area contributed by atoms with Gasteiger partial charge in [0.2, 0.25) is 0 Å². The molecule has 6 heteroatoms. The summed E-state index contributed by atoms with van der Waals surface area (Å²) in [5.74, 6) is 1.23. The standard InChI is InChI=1S/C22H24N6/c1-26-14-24-19-12-16(13-23-22(19)26)15-5-6-20-18(11-15)25-21-7-8-27(9-10-28(20)21)17-3-2-4-17/h5-6,11-14,17H,2-4,7-10H2,1H3. The van der Waals surface area contributed by atoms with Crippen LogP contribution in [-0.2, 0) is 20.0 Å². The Bertz CT molecular complexity index is 1180. The zero-order valence-electron chi connectivity index (χ0n) is 16.2. The van der Waals surface area contributed by atoms with Crippen LogP contribution >= 0.6 is 0 Å². The fourth-order valence-corrected chi connectivity index (χ4v) is 4.67. The number of fused-ring (bicyclic) bond motifs is 4. The molecule has 0 spiro atoms. The molecule has 0 saturated heterocycles. The van der Waals surface area contributed by atoms with E-state index in [1.165, 1.54) is 30.6 Å². The molecular weight excluding hydrogens is 348 g/mol. The van der Waals surface area contributed by atoms with E-state index in [1.54, 1.807) is 0 Å². The number of aromatic nitrogens is 5. The van der Waals surface area contributed by atoms with Gasteiger partial charge in [0, 0.05) is 50.9 Å².